The molecule has 2 heterocycles. The molecule has 8 heteroatoms. The highest BCUT2D eigenvalue weighted by molar-refractivity contribution is 7.22. The number of carbonyl (C=O) groups excluding carboxylic acids is 1. The van der Waals surface area contributed by atoms with Crippen LogP contribution >= 0.6 is 11.3 Å². The van der Waals surface area contributed by atoms with Crippen molar-refractivity contribution in [3.63, 3.8) is 0 Å². The number of rotatable bonds is 7. The Morgan fingerprint density at radius 3 is 2.48 bits per heavy atom. The molecule has 4 aromatic rings. The summed E-state index contributed by atoms with van der Waals surface area (Å²) >= 11 is 1.44. The molecule has 158 valence electrons. The summed E-state index contributed by atoms with van der Waals surface area (Å²) in [5.74, 6) is 1.50. The van der Waals surface area contributed by atoms with Crippen LogP contribution in [0.5, 0.6) is 17.2 Å². The van der Waals surface area contributed by atoms with Gasteiger partial charge in [0.15, 0.2) is 5.13 Å². The van der Waals surface area contributed by atoms with Gasteiger partial charge in [-0.25, -0.2) is 4.98 Å². The highest BCUT2D eigenvalue weighted by atomic mass is 32.1. The Morgan fingerprint density at radius 2 is 1.77 bits per heavy atom. The fraction of sp³-hybridized carbons (Fsp3) is 0.174. The van der Waals surface area contributed by atoms with Crippen LogP contribution < -0.4 is 19.1 Å². The van der Waals surface area contributed by atoms with E-state index in [0.717, 1.165) is 15.8 Å². The SMILES string of the molecule is COc1ccc(OC)c(C(=O)N(Cc2cccnc2)c2nc3cc(OC)ccc3s2)c1. The number of amides is 1. The van der Waals surface area contributed by atoms with Gasteiger partial charge in [0.2, 0.25) is 0 Å². The molecular formula is C23H21N3O4S. The van der Waals surface area contributed by atoms with Gasteiger partial charge in [-0.2, -0.15) is 0 Å². The number of benzene rings is 2. The zero-order chi connectivity index (χ0) is 21.8. The molecule has 1 amide bonds. The summed E-state index contributed by atoms with van der Waals surface area (Å²) < 4.78 is 17.0. The monoisotopic (exact) mass is 435 g/mol. The molecule has 4 rings (SSSR count). The fourth-order valence-electron chi connectivity index (χ4n) is 3.16. The van der Waals surface area contributed by atoms with Crippen LogP contribution in [-0.2, 0) is 6.54 Å². The number of fused-ring (bicyclic) bond motifs is 1. The van der Waals surface area contributed by atoms with Crippen molar-refractivity contribution in [2.24, 2.45) is 0 Å². The standard InChI is InChI=1S/C23H21N3O4S/c1-28-16-6-8-20(30-3)18(11-16)22(27)26(14-15-5-4-10-24-13-15)23-25-19-12-17(29-2)7-9-21(19)31-23/h4-13H,14H2,1-3H3. The maximum Gasteiger partial charge on any atom is 0.264 e. The molecule has 0 atom stereocenters. The molecule has 2 aromatic carbocycles. The van der Waals surface area contributed by atoms with Gasteiger partial charge in [-0.15, -0.1) is 0 Å². The molecule has 0 aliphatic heterocycles. The number of thiazole rings is 1. The first-order valence-corrected chi connectivity index (χ1v) is 10.3. The summed E-state index contributed by atoms with van der Waals surface area (Å²) in [4.78, 5) is 24.2. The van der Waals surface area contributed by atoms with Gasteiger partial charge < -0.3 is 14.2 Å². The molecule has 0 bridgehead atoms. The van der Waals surface area contributed by atoms with E-state index in [-0.39, 0.29) is 5.91 Å². The predicted octanol–water partition coefficient (Wildman–Crippen LogP) is 4.56. The molecule has 0 saturated carbocycles. The Labute approximate surface area is 183 Å². The van der Waals surface area contributed by atoms with Gasteiger partial charge in [-0.05, 0) is 42.0 Å². The van der Waals surface area contributed by atoms with Gasteiger partial charge >= 0.3 is 0 Å². The van der Waals surface area contributed by atoms with Crippen LogP contribution in [0.25, 0.3) is 10.2 Å². The Morgan fingerprint density at radius 1 is 1.00 bits per heavy atom. The van der Waals surface area contributed by atoms with Crippen molar-refractivity contribution in [1.82, 2.24) is 9.97 Å². The van der Waals surface area contributed by atoms with Crippen LogP contribution in [0.3, 0.4) is 0 Å². The molecule has 0 aliphatic rings. The Bertz CT molecular complexity index is 1210. The Balaban J connectivity index is 1.80. The second kappa shape index (κ2) is 9.01. The summed E-state index contributed by atoms with van der Waals surface area (Å²) in [6.45, 7) is 0.310. The van der Waals surface area contributed by atoms with E-state index in [1.165, 1.54) is 18.4 Å². The van der Waals surface area contributed by atoms with Gasteiger partial charge in [0, 0.05) is 18.5 Å². The lowest BCUT2D eigenvalue weighted by Gasteiger charge is -2.21. The third-order valence-electron chi connectivity index (χ3n) is 4.76. The number of aromatic nitrogens is 2. The highest BCUT2D eigenvalue weighted by Gasteiger charge is 2.25. The predicted molar refractivity (Wildman–Crippen MR) is 120 cm³/mol. The first-order valence-electron chi connectivity index (χ1n) is 9.50. The number of hydrogen-bond acceptors (Lipinski definition) is 7. The fourth-order valence-corrected chi connectivity index (χ4v) is 4.11. The third kappa shape index (κ3) is 4.29. The lowest BCUT2D eigenvalue weighted by molar-refractivity contribution is 0.0982. The second-order valence-corrected chi connectivity index (χ2v) is 7.66. The zero-order valence-electron chi connectivity index (χ0n) is 17.4. The molecule has 0 spiro atoms. The van der Waals surface area contributed by atoms with Crippen molar-refractivity contribution in [2.75, 3.05) is 26.2 Å². The molecule has 0 saturated heterocycles. The number of carbonyl (C=O) groups is 1. The van der Waals surface area contributed by atoms with Crippen molar-refractivity contribution in [2.45, 2.75) is 6.54 Å². The van der Waals surface area contributed by atoms with Gasteiger partial charge in [0.1, 0.15) is 17.2 Å². The van der Waals surface area contributed by atoms with Crippen LogP contribution in [0.4, 0.5) is 5.13 Å². The molecule has 0 radical (unpaired) electrons. The van der Waals surface area contributed by atoms with Crippen molar-refractivity contribution < 1.29 is 19.0 Å². The maximum absolute atomic E-state index is 13.7. The van der Waals surface area contributed by atoms with Gasteiger partial charge in [-0.1, -0.05) is 17.4 Å². The van der Waals surface area contributed by atoms with Gasteiger partial charge in [0.25, 0.3) is 5.91 Å². The highest BCUT2D eigenvalue weighted by Crippen LogP contribution is 2.34. The number of ether oxygens (including phenoxy) is 3. The summed E-state index contributed by atoms with van der Waals surface area (Å²) in [6.07, 6.45) is 3.43. The van der Waals surface area contributed by atoms with Gasteiger partial charge in [-0.3, -0.25) is 14.7 Å². The normalized spacial score (nSPS) is 10.7. The van der Waals surface area contributed by atoms with E-state index >= 15 is 0 Å². The zero-order valence-corrected chi connectivity index (χ0v) is 18.2. The largest absolute Gasteiger partial charge is 0.497 e. The van der Waals surface area contributed by atoms with Crippen LogP contribution in [0.2, 0.25) is 0 Å². The summed E-state index contributed by atoms with van der Waals surface area (Å²) in [7, 11) is 4.71. The average molecular weight is 436 g/mol. The van der Waals surface area contributed by atoms with Crippen LogP contribution in [0.1, 0.15) is 15.9 Å². The van der Waals surface area contributed by atoms with Crippen LogP contribution in [-0.4, -0.2) is 37.2 Å². The number of methoxy groups -OCH3 is 3. The molecule has 0 fully saturated rings. The van der Waals surface area contributed by atoms with Crippen molar-refractivity contribution >= 4 is 32.6 Å². The first kappa shape index (κ1) is 20.6. The van der Waals surface area contributed by atoms with E-state index in [2.05, 4.69) is 4.98 Å². The van der Waals surface area contributed by atoms with Gasteiger partial charge in [0.05, 0.1) is 43.7 Å². The number of anilines is 1. The molecule has 7 nitrogen and oxygen atoms in total. The summed E-state index contributed by atoms with van der Waals surface area (Å²) in [5, 5.41) is 0.571. The van der Waals surface area contributed by atoms with E-state index < -0.39 is 0 Å². The minimum Gasteiger partial charge on any atom is -0.497 e. The first-order chi connectivity index (χ1) is 15.1. The molecule has 0 aliphatic carbocycles. The Hall–Kier alpha value is -3.65. The lowest BCUT2D eigenvalue weighted by Crippen LogP contribution is -2.30. The smallest absolute Gasteiger partial charge is 0.264 e. The van der Waals surface area contributed by atoms with E-state index in [1.54, 1.807) is 49.7 Å². The van der Waals surface area contributed by atoms with E-state index in [9.17, 15) is 4.79 Å². The maximum atomic E-state index is 13.7. The minimum atomic E-state index is -0.245. The minimum absolute atomic E-state index is 0.245. The molecule has 2 aromatic heterocycles. The van der Waals surface area contributed by atoms with Crippen molar-refractivity contribution in [1.29, 1.82) is 0 Å². The van der Waals surface area contributed by atoms with E-state index in [4.69, 9.17) is 19.2 Å². The molecular weight excluding hydrogens is 414 g/mol. The quantitative estimate of drug-likeness (QED) is 0.424. The second-order valence-electron chi connectivity index (χ2n) is 6.65. The lowest BCUT2D eigenvalue weighted by atomic mass is 10.1. The molecule has 0 unspecified atom stereocenters. The van der Waals surface area contributed by atoms with Crippen molar-refractivity contribution in [3.05, 3.63) is 72.1 Å². The number of pyridine rings is 1. The summed E-state index contributed by atoms with van der Waals surface area (Å²) in [6, 6.07) is 14.6. The van der Waals surface area contributed by atoms with E-state index in [0.29, 0.717) is 34.5 Å². The van der Waals surface area contributed by atoms with Crippen LogP contribution in [0.15, 0.2) is 60.9 Å². The number of nitrogens with zero attached hydrogens (tertiary/aromatic N) is 3. The van der Waals surface area contributed by atoms with E-state index in [1.807, 2.05) is 30.3 Å². The number of hydrogen-bond donors (Lipinski definition) is 0. The third-order valence-corrected chi connectivity index (χ3v) is 5.82. The average Bonchev–Trinajstić information content (AvgIpc) is 3.25. The molecule has 31 heavy (non-hydrogen) atoms. The van der Waals surface area contributed by atoms with Crippen LogP contribution in [0, 0.1) is 0 Å². The summed E-state index contributed by atoms with van der Waals surface area (Å²) in [5.41, 5.74) is 2.04. The van der Waals surface area contributed by atoms with Crippen molar-refractivity contribution in [3.8, 4) is 17.2 Å². The Kier molecular flexibility index (Phi) is 5.99. The molecule has 0 N–H and O–H groups in total. The topological polar surface area (TPSA) is 73.8 Å².